The average molecular weight is 158 g/mol. The van der Waals surface area contributed by atoms with Crippen LogP contribution in [0.1, 0.15) is 6.92 Å². The van der Waals surface area contributed by atoms with Crippen molar-refractivity contribution < 1.29 is 9.53 Å². The summed E-state index contributed by atoms with van der Waals surface area (Å²) in [6.07, 6.45) is 0.225. The van der Waals surface area contributed by atoms with E-state index in [1.807, 2.05) is 11.8 Å². The molecule has 0 radical (unpaired) electrons. The molecule has 64 valence electrons. The predicted octanol–water partition coefficient (Wildman–Crippen LogP) is -0.808. The molecule has 0 aromatic rings. The Morgan fingerprint density at radius 2 is 2.55 bits per heavy atom. The minimum absolute atomic E-state index is 0.225. The van der Waals surface area contributed by atoms with Gasteiger partial charge in [0.2, 0.25) is 5.91 Å². The Bertz CT molecular complexity index is 149. The van der Waals surface area contributed by atoms with Gasteiger partial charge in [-0.05, 0) is 6.92 Å². The number of amides is 1. The number of nitrogens with zero attached hydrogens (tertiary/aromatic N) is 1. The SMILES string of the molecule is C[C@@H]1CN(CC(N)=O)CCO1. The minimum atomic E-state index is -0.265. The van der Waals surface area contributed by atoms with Crippen molar-refractivity contribution in [2.75, 3.05) is 26.2 Å². The first-order valence-corrected chi connectivity index (χ1v) is 3.81. The third kappa shape index (κ3) is 2.86. The molecule has 0 saturated carbocycles. The topological polar surface area (TPSA) is 55.6 Å². The van der Waals surface area contributed by atoms with E-state index in [1.165, 1.54) is 0 Å². The van der Waals surface area contributed by atoms with Crippen molar-refractivity contribution in [3.63, 3.8) is 0 Å². The van der Waals surface area contributed by atoms with E-state index in [0.29, 0.717) is 13.2 Å². The maximum atomic E-state index is 10.5. The van der Waals surface area contributed by atoms with Crippen LogP contribution in [0.25, 0.3) is 0 Å². The Labute approximate surface area is 66.3 Å². The summed E-state index contributed by atoms with van der Waals surface area (Å²) in [5, 5.41) is 0. The molecule has 1 fully saturated rings. The van der Waals surface area contributed by atoms with Gasteiger partial charge in [-0.15, -0.1) is 0 Å². The van der Waals surface area contributed by atoms with Gasteiger partial charge in [-0.25, -0.2) is 0 Å². The average Bonchev–Trinajstić information content (AvgIpc) is 1.85. The van der Waals surface area contributed by atoms with Gasteiger partial charge in [0.05, 0.1) is 19.3 Å². The van der Waals surface area contributed by atoms with Gasteiger partial charge in [-0.2, -0.15) is 0 Å². The standard InChI is InChI=1S/C7H14N2O2/c1-6-4-9(2-3-11-6)5-7(8)10/h6H,2-5H2,1H3,(H2,8,10)/t6-/m1/s1. The second-order valence-corrected chi connectivity index (χ2v) is 2.88. The number of rotatable bonds is 2. The molecule has 0 unspecified atom stereocenters. The summed E-state index contributed by atoms with van der Waals surface area (Å²) in [5.74, 6) is -0.265. The highest BCUT2D eigenvalue weighted by Gasteiger charge is 2.17. The molecule has 1 saturated heterocycles. The Balaban J connectivity index is 2.28. The smallest absolute Gasteiger partial charge is 0.231 e. The van der Waals surface area contributed by atoms with Gasteiger partial charge in [-0.3, -0.25) is 9.69 Å². The van der Waals surface area contributed by atoms with E-state index in [4.69, 9.17) is 10.5 Å². The summed E-state index contributed by atoms with van der Waals surface area (Å²) in [4.78, 5) is 12.5. The summed E-state index contributed by atoms with van der Waals surface area (Å²) in [6, 6.07) is 0. The summed E-state index contributed by atoms with van der Waals surface area (Å²) in [5.41, 5.74) is 5.05. The van der Waals surface area contributed by atoms with Crippen molar-refractivity contribution in [3.05, 3.63) is 0 Å². The highest BCUT2D eigenvalue weighted by atomic mass is 16.5. The first kappa shape index (κ1) is 8.49. The fourth-order valence-electron chi connectivity index (χ4n) is 1.25. The zero-order valence-electron chi connectivity index (χ0n) is 6.75. The molecule has 0 aromatic heterocycles. The number of hydrogen-bond donors (Lipinski definition) is 1. The molecule has 4 nitrogen and oxygen atoms in total. The van der Waals surface area contributed by atoms with Crippen molar-refractivity contribution in [3.8, 4) is 0 Å². The van der Waals surface area contributed by atoms with E-state index in [1.54, 1.807) is 0 Å². The lowest BCUT2D eigenvalue weighted by Gasteiger charge is -2.29. The number of carbonyl (C=O) groups excluding carboxylic acids is 1. The molecule has 2 N–H and O–H groups in total. The Morgan fingerprint density at radius 1 is 1.82 bits per heavy atom. The summed E-state index contributed by atoms with van der Waals surface area (Å²) in [6.45, 7) is 4.67. The van der Waals surface area contributed by atoms with Crippen molar-refractivity contribution in [1.29, 1.82) is 0 Å². The molecule has 1 heterocycles. The maximum Gasteiger partial charge on any atom is 0.231 e. The van der Waals surface area contributed by atoms with Gasteiger partial charge in [0.1, 0.15) is 0 Å². The summed E-state index contributed by atoms with van der Waals surface area (Å²) in [7, 11) is 0. The van der Waals surface area contributed by atoms with Crippen LogP contribution < -0.4 is 5.73 Å². The van der Waals surface area contributed by atoms with Crippen LogP contribution in [-0.2, 0) is 9.53 Å². The van der Waals surface area contributed by atoms with Gasteiger partial charge >= 0.3 is 0 Å². The van der Waals surface area contributed by atoms with E-state index in [-0.39, 0.29) is 12.0 Å². The Hall–Kier alpha value is -0.610. The van der Waals surface area contributed by atoms with Crippen LogP contribution in [0.5, 0.6) is 0 Å². The fourth-order valence-corrected chi connectivity index (χ4v) is 1.25. The quantitative estimate of drug-likeness (QED) is 0.572. The Kier molecular flexibility index (Phi) is 2.84. The molecule has 1 rings (SSSR count). The van der Waals surface area contributed by atoms with Crippen LogP contribution >= 0.6 is 0 Å². The lowest BCUT2D eigenvalue weighted by molar-refractivity contribution is -0.120. The maximum absolute atomic E-state index is 10.5. The molecule has 11 heavy (non-hydrogen) atoms. The number of primary amides is 1. The van der Waals surface area contributed by atoms with Gasteiger partial charge in [0, 0.05) is 13.1 Å². The molecular formula is C7H14N2O2. The molecule has 1 aliphatic rings. The molecule has 0 aliphatic carbocycles. The van der Waals surface area contributed by atoms with E-state index >= 15 is 0 Å². The second kappa shape index (κ2) is 3.69. The van der Waals surface area contributed by atoms with Gasteiger partial charge in [-0.1, -0.05) is 0 Å². The minimum Gasteiger partial charge on any atom is -0.376 e. The third-order valence-corrected chi connectivity index (χ3v) is 1.70. The molecule has 1 aliphatic heterocycles. The van der Waals surface area contributed by atoms with Gasteiger partial charge < -0.3 is 10.5 Å². The van der Waals surface area contributed by atoms with Gasteiger partial charge in [0.15, 0.2) is 0 Å². The zero-order valence-corrected chi connectivity index (χ0v) is 6.75. The predicted molar refractivity (Wildman–Crippen MR) is 41.0 cm³/mol. The van der Waals surface area contributed by atoms with E-state index < -0.39 is 0 Å². The molecular weight excluding hydrogens is 144 g/mol. The van der Waals surface area contributed by atoms with Crippen molar-refractivity contribution in [1.82, 2.24) is 4.90 Å². The van der Waals surface area contributed by atoms with Crippen molar-refractivity contribution in [2.24, 2.45) is 5.73 Å². The molecule has 1 atom stereocenters. The number of carbonyl (C=O) groups is 1. The van der Waals surface area contributed by atoms with Crippen molar-refractivity contribution >= 4 is 5.91 Å². The first-order chi connectivity index (χ1) is 5.18. The number of hydrogen-bond acceptors (Lipinski definition) is 3. The molecule has 0 spiro atoms. The molecule has 1 amide bonds. The summed E-state index contributed by atoms with van der Waals surface area (Å²) < 4.78 is 5.30. The Morgan fingerprint density at radius 3 is 3.09 bits per heavy atom. The molecule has 4 heteroatoms. The van der Waals surface area contributed by atoms with Crippen LogP contribution in [0.3, 0.4) is 0 Å². The van der Waals surface area contributed by atoms with Crippen LogP contribution in [0.15, 0.2) is 0 Å². The molecule has 0 aromatic carbocycles. The third-order valence-electron chi connectivity index (χ3n) is 1.70. The number of morpholine rings is 1. The van der Waals surface area contributed by atoms with Gasteiger partial charge in [0.25, 0.3) is 0 Å². The van der Waals surface area contributed by atoms with E-state index in [0.717, 1.165) is 13.1 Å². The normalized spacial score (nSPS) is 26.8. The van der Waals surface area contributed by atoms with Crippen LogP contribution in [0.2, 0.25) is 0 Å². The van der Waals surface area contributed by atoms with Crippen LogP contribution in [0.4, 0.5) is 0 Å². The summed E-state index contributed by atoms with van der Waals surface area (Å²) >= 11 is 0. The lowest BCUT2D eigenvalue weighted by Crippen LogP contribution is -2.44. The number of ether oxygens (including phenoxy) is 1. The molecule has 0 bridgehead atoms. The monoisotopic (exact) mass is 158 g/mol. The highest BCUT2D eigenvalue weighted by molar-refractivity contribution is 5.75. The van der Waals surface area contributed by atoms with Crippen LogP contribution in [-0.4, -0.2) is 43.2 Å². The lowest BCUT2D eigenvalue weighted by atomic mass is 10.3. The fraction of sp³-hybridized carbons (Fsp3) is 0.857. The first-order valence-electron chi connectivity index (χ1n) is 3.81. The van der Waals surface area contributed by atoms with E-state index in [2.05, 4.69) is 0 Å². The van der Waals surface area contributed by atoms with E-state index in [9.17, 15) is 4.79 Å². The second-order valence-electron chi connectivity index (χ2n) is 2.88. The highest BCUT2D eigenvalue weighted by Crippen LogP contribution is 2.02. The largest absolute Gasteiger partial charge is 0.376 e. The van der Waals surface area contributed by atoms with Crippen molar-refractivity contribution in [2.45, 2.75) is 13.0 Å². The van der Waals surface area contributed by atoms with Crippen LogP contribution in [0, 0.1) is 0 Å². The number of nitrogens with two attached hydrogens (primary N) is 1. The zero-order chi connectivity index (χ0) is 8.27.